The summed E-state index contributed by atoms with van der Waals surface area (Å²) in [5.41, 5.74) is 1.28. The van der Waals surface area contributed by atoms with Crippen molar-refractivity contribution in [3.05, 3.63) is 29.8 Å². The van der Waals surface area contributed by atoms with Gasteiger partial charge in [0.05, 0.1) is 4.75 Å². The Morgan fingerprint density at radius 3 is 2.53 bits per heavy atom. The average molecular weight is 295 g/mol. The smallest absolute Gasteiger partial charge is 0.236 e. The summed E-state index contributed by atoms with van der Waals surface area (Å²) in [5.74, 6) is 1.14. The van der Waals surface area contributed by atoms with E-state index in [0.29, 0.717) is 0 Å². The predicted octanol–water partition coefficient (Wildman–Crippen LogP) is 3.49. The van der Waals surface area contributed by atoms with Crippen LogP contribution in [0.15, 0.2) is 29.2 Å². The van der Waals surface area contributed by atoms with Crippen LogP contribution < -0.4 is 5.32 Å². The first-order valence-corrected chi connectivity index (χ1v) is 8.82. The van der Waals surface area contributed by atoms with Gasteiger partial charge in [0.2, 0.25) is 5.91 Å². The number of carbonyl (C=O) groups excluding carboxylic acids is 1. The van der Waals surface area contributed by atoms with E-state index in [1.807, 2.05) is 6.26 Å². The Hall–Kier alpha value is -0.610. The van der Waals surface area contributed by atoms with E-state index >= 15 is 0 Å². The van der Waals surface area contributed by atoms with Crippen LogP contribution in [0.1, 0.15) is 25.3 Å². The largest absolute Gasteiger partial charge is 0.352 e. The SMILES string of the molecule is CSC1(C(=O)NC(C)CSc2ccc(C)cc2)CC1. The molecule has 4 heteroatoms. The van der Waals surface area contributed by atoms with Crippen molar-refractivity contribution in [3.8, 4) is 0 Å². The molecule has 2 nitrogen and oxygen atoms in total. The molecule has 1 aliphatic rings. The van der Waals surface area contributed by atoms with Gasteiger partial charge in [-0.15, -0.1) is 23.5 Å². The number of amides is 1. The molecule has 1 aliphatic carbocycles. The molecule has 1 amide bonds. The second-order valence-electron chi connectivity index (χ2n) is 5.20. The van der Waals surface area contributed by atoms with Crippen molar-refractivity contribution in [2.24, 2.45) is 0 Å². The number of rotatable bonds is 6. The summed E-state index contributed by atoms with van der Waals surface area (Å²) >= 11 is 3.48. The maximum absolute atomic E-state index is 12.1. The van der Waals surface area contributed by atoms with Gasteiger partial charge in [0, 0.05) is 16.7 Å². The van der Waals surface area contributed by atoms with Crippen molar-refractivity contribution in [2.45, 2.75) is 42.4 Å². The first kappa shape index (κ1) is 14.8. The van der Waals surface area contributed by atoms with Crippen LogP contribution in [0.25, 0.3) is 0 Å². The molecule has 0 spiro atoms. The molecule has 0 heterocycles. The van der Waals surface area contributed by atoms with Crippen LogP contribution in [0.5, 0.6) is 0 Å². The maximum atomic E-state index is 12.1. The normalized spacial score (nSPS) is 17.8. The Bertz CT molecular complexity index is 440. The molecule has 1 unspecified atom stereocenters. The average Bonchev–Trinajstić information content (AvgIpc) is 3.19. The van der Waals surface area contributed by atoms with Gasteiger partial charge in [-0.25, -0.2) is 0 Å². The minimum atomic E-state index is -0.108. The summed E-state index contributed by atoms with van der Waals surface area (Å²) in [6, 6.07) is 8.73. The molecule has 1 fully saturated rings. The van der Waals surface area contributed by atoms with Gasteiger partial charge < -0.3 is 5.32 Å². The molecule has 0 aromatic heterocycles. The molecule has 1 N–H and O–H groups in total. The van der Waals surface area contributed by atoms with E-state index in [0.717, 1.165) is 18.6 Å². The van der Waals surface area contributed by atoms with Crippen molar-refractivity contribution in [2.75, 3.05) is 12.0 Å². The third-order valence-electron chi connectivity index (χ3n) is 3.41. The second-order valence-corrected chi connectivity index (χ2v) is 7.48. The lowest BCUT2D eigenvalue weighted by Crippen LogP contribution is -2.41. The van der Waals surface area contributed by atoms with Gasteiger partial charge in [-0.2, -0.15) is 0 Å². The molecule has 0 radical (unpaired) electrons. The lowest BCUT2D eigenvalue weighted by molar-refractivity contribution is -0.121. The Kier molecular flexibility index (Phi) is 4.85. The van der Waals surface area contributed by atoms with E-state index in [1.165, 1.54) is 10.5 Å². The van der Waals surface area contributed by atoms with Gasteiger partial charge in [-0.05, 0) is 45.1 Å². The quantitative estimate of drug-likeness (QED) is 0.815. The summed E-state index contributed by atoms with van der Waals surface area (Å²) in [6.45, 7) is 4.17. The summed E-state index contributed by atoms with van der Waals surface area (Å²) in [6.07, 6.45) is 4.08. The highest BCUT2D eigenvalue weighted by molar-refractivity contribution is 8.01. The minimum absolute atomic E-state index is 0.108. The standard InChI is InChI=1S/C15H21NOS2/c1-11-4-6-13(7-5-11)19-10-12(2)16-14(17)15(18-3)8-9-15/h4-7,12H,8-10H2,1-3H3,(H,16,17). The van der Waals surface area contributed by atoms with Crippen LogP contribution >= 0.6 is 23.5 Å². The summed E-state index contributed by atoms with van der Waals surface area (Å²) in [5, 5.41) is 3.13. The third kappa shape index (κ3) is 3.93. The van der Waals surface area contributed by atoms with E-state index in [2.05, 4.69) is 43.4 Å². The molecule has 0 saturated heterocycles. The predicted molar refractivity (Wildman–Crippen MR) is 85.0 cm³/mol. The van der Waals surface area contributed by atoms with Crippen molar-refractivity contribution in [1.29, 1.82) is 0 Å². The van der Waals surface area contributed by atoms with Crippen molar-refractivity contribution in [1.82, 2.24) is 5.32 Å². The molecular formula is C15H21NOS2. The van der Waals surface area contributed by atoms with Crippen molar-refractivity contribution < 1.29 is 4.79 Å². The van der Waals surface area contributed by atoms with Crippen molar-refractivity contribution >= 4 is 29.4 Å². The van der Waals surface area contributed by atoms with Crippen LogP contribution in [0, 0.1) is 6.92 Å². The Labute approximate surface area is 124 Å². The highest BCUT2D eigenvalue weighted by Crippen LogP contribution is 2.47. The zero-order valence-electron chi connectivity index (χ0n) is 11.7. The number of thioether (sulfide) groups is 2. The van der Waals surface area contributed by atoms with E-state index in [-0.39, 0.29) is 16.7 Å². The molecule has 104 valence electrons. The van der Waals surface area contributed by atoms with Gasteiger partial charge in [0.25, 0.3) is 0 Å². The fraction of sp³-hybridized carbons (Fsp3) is 0.533. The third-order valence-corrected chi connectivity index (χ3v) is 6.05. The lowest BCUT2D eigenvalue weighted by Gasteiger charge is -2.18. The number of hydrogen-bond donors (Lipinski definition) is 1. The van der Waals surface area contributed by atoms with Gasteiger partial charge in [0.15, 0.2) is 0 Å². The number of carbonyl (C=O) groups is 1. The van der Waals surface area contributed by atoms with E-state index in [1.54, 1.807) is 23.5 Å². The fourth-order valence-electron chi connectivity index (χ4n) is 1.89. The molecule has 1 saturated carbocycles. The van der Waals surface area contributed by atoms with Crippen LogP contribution in [0.2, 0.25) is 0 Å². The summed E-state index contributed by atoms with van der Waals surface area (Å²) in [7, 11) is 0. The summed E-state index contributed by atoms with van der Waals surface area (Å²) < 4.78 is -0.108. The first-order chi connectivity index (χ1) is 9.05. The molecule has 19 heavy (non-hydrogen) atoms. The summed E-state index contributed by atoms with van der Waals surface area (Å²) in [4.78, 5) is 13.3. The number of benzene rings is 1. The Morgan fingerprint density at radius 1 is 1.37 bits per heavy atom. The maximum Gasteiger partial charge on any atom is 0.236 e. The van der Waals surface area contributed by atoms with Gasteiger partial charge in [-0.1, -0.05) is 17.7 Å². The lowest BCUT2D eigenvalue weighted by atomic mass is 10.2. The molecule has 2 rings (SSSR count). The zero-order chi connectivity index (χ0) is 13.9. The van der Waals surface area contributed by atoms with Gasteiger partial charge in [-0.3, -0.25) is 4.79 Å². The molecule has 1 aromatic carbocycles. The Morgan fingerprint density at radius 2 is 2.00 bits per heavy atom. The monoisotopic (exact) mass is 295 g/mol. The fourth-order valence-corrected chi connectivity index (χ4v) is 3.50. The molecule has 1 atom stereocenters. The van der Waals surface area contributed by atoms with Gasteiger partial charge >= 0.3 is 0 Å². The van der Waals surface area contributed by atoms with E-state index < -0.39 is 0 Å². The number of aryl methyl sites for hydroxylation is 1. The Balaban J connectivity index is 1.77. The van der Waals surface area contributed by atoms with Crippen LogP contribution in [0.4, 0.5) is 0 Å². The van der Waals surface area contributed by atoms with Crippen LogP contribution in [0.3, 0.4) is 0 Å². The highest BCUT2D eigenvalue weighted by atomic mass is 32.2. The molecule has 0 bridgehead atoms. The van der Waals surface area contributed by atoms with Crippen LogP contribution in [-0.2, 0) is 4.79 Å². The van der Waals surface area contributed by atoms with E-state index in [4.69, 9.17) is 0 Å². The van der Waals surface area contributed by atoms with Crippen LogP contribution in [-0.4, -0.2) is 28.7 Å². The van der Waals surface area contributed by atoms with Crippen molar-refractivity contribution in [3.63, 3.8) is 0 Å². The topological polar surface area (TPSA) is 29.1 Å². The second kappa shape index (κ2) is 6.23. The van der Waals surface area contributed by atoms with E-state index in [9.17, 15) is 4.79 Å². The first-order valence-electron chi connectivity index (χ1n) is 6.61. The minimum Gasteiger partial charge on any atom is -0.352 e. The molecular weight excluding hydrogens is 274 g/mol. The zero-order valence-corrected chi connectivity index (χ0v) is 13.4. The molecule has 1 aromatic rings. The molecule has 0 aliphatic heterocycles. The number of nitrogens with one attached hydrogen (secondary N) is 1. The number of hydrogen-bond acceptors (Lipinski definition) is 3. The highest BCUT2D eigenvalue weighted by Gasteiger charge is 2.49. The van der Waals surface area contributed by atoms with Gasteiger partial charge in [0.1, 0.15) is 0 Å².